The lowest BCUT2D eigenvalue weighted by Gasteiger charge is -2.11. The van der Waals surface area contributed by atoms with E-state index < -0.39 is 0 Å². The molecule has 0 spiro atoms. The zero-order valence-corrected chi connectivity index (χ0v) is 12.2. The number of aromatic nitrogens is 1. The van der Waals surface area contributed by atoms with Gasteiger partial charge in [-0.15, -0.1) is 0 Å². The van der Waals surface area contributed by atoms with Gasteiger partial charge in [0, 0.05) is 12.3 Å². The van der Waals surface area contributed by atoms with E-state index in [2.05, 4.69) is 10.3 Å². The number of ether oxygens (including phenoxy) is 2. The van der Waals surface area contributed by atoms with Crippen molar-refractivity contribution in [2.45, 2.75) is 13.0 Å². The third-order valence-electron chi connectivity index (χ3n) is 3.31. The van der Waals surface area contributed by atoms with Crippen molar-refractivity contribution in [3.63, 3.8) is 0 Å². The van der Waals surface area contributed by atoms with Crippen LogP contribution in [0.2, 0.25) is 0 Å². The maximum absolute atomic E-state index is 12.0. The molecule has 1 aromatic heterocycles. The normalized spacial score (nSPS) is 14.0. The van der Waals surface area contributed by atoms with Gasteiger partial charge in [-0.05, 0) is 42.8 Å². The molecule has 0 fully saturated rings. The number of carbonyl (C=O) groups is 1. The summed E-state index contributed by atoms with van der Waals surface area (Å²) in [6, 6.07) is 11.0. The number of rotatable bonds is 4. The van der Waals surface area contributed by atoms with Crippen molar-refractivity contribution in [2.75, 3.05) is 6.79 Å². The number of pyridine rings is 1. The highest BCUT2D eigenvalue weighted by molar-refractivity contribution is 5.92. The van der Waals surface area contributed by atoms with E-state index in [1.165, 1.54) is 6.08 Å². The van der Waals surface area contributed by atoms with Gasteiger partial charge in [0.1, 0.15) is 0 Å². The molecule has 1 aliphatic heterocycles. The lowest BCUT2D eigenvalue weighted by atomic mass is 10.2. The Labute approximate surface area is 128 Å². The van der Waals surface area contributed by atoms with E-state index in [-0.39, 0.29) is 18.7 Å². The first-order chi connectivity index (χ1) is 10.7. The third-order valence-corrected chi connectivity index (χ3v) is 3.31. The van der Waals surface area contributed by atoms with Crippen molar-refractivity contribution in [3.05, 3.63) is 59.9 Å². The van der Waals surface area contributed by atoms with Crippen molar-refractivity contribution in [1.29, 1.82) is 0 Å². The molecule has 1 unspecified atom stereocenters. The van der Waals surface area contributed by atoms with Crippen molar-refractivity contribution in [1.82, 2.24) is 10.3 Å². The summed E-state index contributed by atoms with van der Waals surface area (Å²) in [6.07, 6.45) is 4.94. The highest BCUT2D eigenvalue weighted by Crippen LogP contribution is 2.32. The molecule has 22 heavy (non-hydrogen) atoms. The molecular weight excluding hydrogens is 280 g/mol. The largest absolute Gasteiger partial charge is 0.454 e. The van der Waals surface area contributed by atoms with Crippen LogP contribution in [-0.2, 0) is 4.79 Å². The molecule has 0 aliphatic carbocycles. The highest BCUT2D eigenvalue weighted by Gasteiger charge is 2.12. The summed E-state index contributed by atoms with van der Waals surface area (Å²) < 4.78 is 10.6. The van der Waals surface area contributed by atoms with Crippen LogP contribution in [0.4, 0.5) is 0 Å². The first kappa shape index (κ1) is 14.1. The van der Waals surface area contributed by atoms with Gasteiger partial charge >= 0.3 is 0 Å². The Kier molecular flexibility index (Phi) is 4.05. The van der Waals surface area contributed by atoms with Gasteiger partial charge in [-0.3, -0.25) is 9.78 Å². The molecule has 5 heteroatoms. The molecule has 0 saturated heterocycles. The Hall–Kier alpha value is -2.82. The Balaban J connectivity index is 1.62. The van der Waals surface area contributed by atoms with Crippen LogP contribution in [0.3, 0.4) is 0 Å². The van der Waals surface area contributed by atoms with E-state index in [1.54, 1.807) is 12.3 Å². The zero-order chi connectivity index (χ0) is 15.4. The van der Waals surface area contributed by atoms with Crippen LogP contribution in [0.1, 0.15) is 24.2 Å². The quantitative estimate of drug-likeness (QED) is 0.881. The van der Waals surface area contributed by atoms with E-state index in [1.807, 2.05) is 43.3 Å². The zero-order valence-electron chi connectivity index (χ0n) is 12.2. The van der Waals surface area contributed by atoms with E-state index in [0.717, 1.165) is 17.0 Å². The number of carbonyl (C=O) groups excluding carboxylic acids is 1. The van der Waals surface area contributed by atoms with Gasteiger partial charge < -0.3 is 14.8 Å². The molecule has 1 atom stereocenters. The van der Waals surface area contributed by atoms with E-state index in [4.69, 9.17) is 9.47 Å². The number of fused-ring (bicyclic) bond motifs is 1. The molecule has 1 amide bonds. The molecule has 1 aromatic carbocycles. The molecule has 1 N–H and O–H groups in total. The maximum Gasteiger partial charge on any atom is 0.244 e. The molecule has 0 saturated carbocycles. The fourth-order valence-corrected chi connectivity index (χ4v) is 2.16. The van der Waals surface area contributed by atoms with Crippen LogP contribution >= 0.6 is 0 Å². The monoisotopic (exact) mass is 296 g/mol. The molecule has 2 aromatic rings. The minimum Gasteiger partial charge on any atom is -0.454 e. The van der Waals surface area contributed by atoms with Crippen molar-refractivity contribution >= 4 is 12.0 Å². The van der Waals surface area contributed by atoms with Crippen molar-refractivity contribution in [2.24, 2.45) is 0 Å². The first-order valence-electron chi connectivity index (χ1n) is 7.01. The second-order valence-corrected chi connectivity index (χ2v) is 4.93. The number of amides is 1. The fourth-order valence-electron chi connectivity index (χ4n) is 2.16. The Morgan fingerprint density at radius 1 is 1.27 bits per heavy atom. The fraction of sp³-hybridized carbons (Fsp3) is 0.176. The van der Waals surface area contributed by atoms with Gasteiger partial charge in [-0.1, -0.05) is 12.1 Å². The number of nitrogens with zero attached hydrogens (tertiary/aromatic N) is 1. The predicted molar refractivity (Wildman–Crippen MR) is 82.4 cm³/mol. The number of nitrogens with one attached hydrogen (secondary N) is 1. The van der Waals surface area contributed by atoms with Gasteiger partial charge in [-0.2, -0.15) is 0 Å². The topological polar surface area (TPSA) is 60.5 Å². The van der Waals surface area contributed by atoms with E-state index >= 15 is 0 Å². The number of hydrogen-bond donors (Lipinski definition) is 1. The second-order valence-electron chi connectivity index (χ2n) is 4.93. The van der Waals surface area contributed by atoms with Crippen LogP contribution in [0.15, 0.2) is 48.7 Å². The van der Waals surface area contributed by atoms with Gasteiger partial charge in [0.05, 0.1) is 11.7 Å². The molecule has 112 valence electrons. The molecule has 1 aliphatic rings. The summed E-state index contributed by atoms with van der Waals surface area (Å²) in [5.41, 5.74) is 1.71. The van der Waals surface area contributed by atoms with Crippen LogP contribution in [-0.4, -0.2) is 17.7 Å². The first-order valence-corrected chi connectivity index (χ1v) is 7.01. The van der Waals surface area contributed by atoms with Gasteiger partial charge in [0.2, 0.25) is 12.7 Å². The van der Waals surface area contributed by atoms with Gasteiger partial charge in [-0.25, -0.2) is 0 Å². The van der Waals surface area contributed by atoms with Crippen molar-refractivity contribution in [3.8, 4) is 11.5 Å². The van der Waals surface area contributed by atoms with E-state index in [0.29, 0.717) is 5.75 Å². The minimum absolute atomic E-state index is 0.143. The summed E-state index contributed by atoms with van der Waals surface area (Å²) in [4.78, 5) is 16.2. The van der Waals surface area contributed by atoms with E-state index in [9.17, 15) is 4.79 Å². The molecule has 0 bridgehead atoms. The minimum atomic E-state index is -0.171. The van der Waals surface area contributed by atoms with Crippen molar-refractivity contribution < 1.29 is 14.3 Å². The third kappa shape index (κ3) is 3.25. The summed E-state index contributed by atoms with van der Waals surface area (Å²) in [5, 5.41) is 2.87. The lowest BCUT2D eigenvalue weighted by molar-refractivity contribution is -0.117. The Morgan fingerprint density at radius 2 is 2.14 bits per heavy atom. The maximum atomic E-state index is 12.0. The summed E-state index contributed by atoms with van der Waals surface area (Å²) in [5.74, 6) is 1.26. The Bertz CT molecular complexity index is 698. The van der Waals surface area contributed by atoms with Crippen LogP contribution in [0, 0.1) is 0 Å². The number of hydrogen-bond acceptors (Lipinski definition) is 4. The summed E-state index contributed by atoms with van der Waals surface area (Å²) >= 11 is 0. The average Bonchev–Trinajstić information content (AvgIpc) is 3.01. The second kappa shape index (κ2) is 6.30. The molecule has 0 radical (unpaired) electrons. The van der Waals surface area contributed by atoms with Gasteiger partial charge in [0.15, 0.2) is 11.5 Å². The summed E-state index contributed by atoms with van der Waals surface area (Å²) in [6.45, 7) is 2.14. The Morgan fingerprint density at radius 3 is 2.95 bits per heavy atom. The predicted octanol–water partition coefficient (Wildman–Crippen LogP) is 2.70. The standard InChI is InChI=1S/C17H16N2O3/c1-12(14-4-2-3-9-18-14)19-17(20)8-6-13-5-7-15-16(10-13)22-11-21-15/h2-10,12H,11H2,1H3,(H,19,20)/b8-6+. The molecule has 5 nitrogen and oxygen atoms in total. The number of benzene rings is 1. The van der Waals surface area contributed by atoms with Crippen LogP contribution < -0.4 is 14.8 Å². The average molecular weight is 296 g/mol. The lowest BCUT2D eigenvalue weighted by Crippen LogP contribution is -2.25. The summed E-state index contributed by atoms with van der Waals surface area (Å²) in [7, 11) is 0. The molecule has 2 heterocycles. The highest BCUT2D eigenvalue weighted by atomic mass is 16.7. The SMILES string of the molecule is CC(NC(=O)/C=C/c1ccc2c(c1)OCO2)c1ccccn1. The van der Waals surface area contributed by atoms with Crippen LogP contribution in [0.5, 0.6) is 11.5 Å². The smallest absolute Gasteiger partial charge is 0.244 e. The van der Waals surface area contributed by atoms with Crippen LogP contribution in [0.25, 0.3) is 6.08 Å². The molecular formula is C17H16N2O3. The van der Waals surface area contributed by atoms with Gasteiger partial charge in [0.25, 0.3) is 0 Å². The molecule has 3 rings (SSSR count).